The molecule has 1 aromatic carbocycles. The number of benzene rings is 1. The normalized spacial score (nSPS) is 13.1. The average molecular weight is 369 g/mol. The molecule has 24 heavy (non-hydrogen) atoms. The molecule has 1 aliphatic heterocycles. The van der Waals surface area contributed by atoms with Crippen LogP contribution in [-0.4, -0.2) is 31.2 Å². The molecule has 3 rings (SSSR count). The summed E-state index contributed by atoms with van der Waals surface area (Å²) in [4.78, 5) is 13.8. The van der Waals surface area contributed by atoms with Crippen LogP contribution >= 0.6 is 23.7 Å². The van der Waals surface area contributed by atoms with Crippen LogP contribution in [0.15, 0.2) is 30.3 Å². The first-order chi connectivity index (χ1) is 10.9. The van der Waals surface area contributed by atoms with E-state index in [1.165, 1.54) is 11.3 Å². The Hall–Kier alpha value is -1.76. The fraction of sp³-hybridized carbons (Fsp3) is 0.353. The van der Waals surface area contributed by atoms with Crippen molar-refractivity contribution in [3.05, 3.63) is 35.2 Å². The van der Waals surface area contributed by atoms with Gasteiger partial charge in [-0.05, 0) is 49.7 Å². The van der Waals surface area contributed by atoms with Crippen molar-refractivity contribution in [2.75, 3.05) is 19.8 Å². The molecule has 1 aromatic heterocycles. The molecular weight excluding hydrogens is 348 g/mol. The van der Waals surface area contributed by atoms with Gasteiger partial charge in [0.15, 0.2) is 11.5 Å². The smallest absolute Gasteiger partial charge is 0.261 e. The number of hydrogen-bond acceptors (Lipinski definition) is 5. The Balaban J connectivity index is 0.00000208. The lowest BCUT2D eigenvalue weighted by atomic mass is 10.1. The van der Waals surface area contributed by atoms with Gasteiger partial charge in [-0.2, -0.15) is 0 Å². The van der Waals surface area contributed by atoms with E-state index in [2.05, 4.69) is 5.32 Å². The van der Waals surface area contributed by atoms with E-state index >= 15 is 0 Å². The Kier molecular flexibility index (Phi) is 5.74. The highest BCUT2D eigenvalue weighted by Gasteiger charge is 2.17. The van der Waals surface area contributed by atoms with Crippen molar-refractivity contribution in [1.82, 2.24) is 5.32 Å². The van der Waals surface area contributed by atoms with Crippen molar-refractivity contribution in [2.24, 2.45) is 5.73 Å². The van der Waals surface area contributed by atoms with Gasteiger partial charge in [-0.3, -0.25) is 4.79 Å². The minimum atomic E-state index is -0.425. The third-order valence-electron chi connectivity index (χ3n) is 3.36. The zero-order valence-corrected chi connectivity index (χ0v) is 15.3. The molecular formula is C17H21ClN2O3S. The molecule has 5 nitrogen and oxygen atoms in total. The van der Waals surface area contributed by atoms with Gasteiger partial charge < -0.3 is 20.5 Å². The first-order valence-electron chi connectivity index (χ1n) is 7.49. The number of thiophene rings is 1. The fourth-order valence-electron chi connectivity index (χ4n) is 2.21. The second-order valence-electron chi connectivity index (χ2n) is 6.19. The van der Waals surface area contributed by atoms with E-state index in [0.717, 1.165) is 21.9 Å². The van der Waals surface area contributed by atoms with E-state index in [-0.39, 0.29) is 18.3 Å². The molecule has 2 aromatic rings. The second kappa shape index (κ2) is 7.42. The van der Waals surface area contributed by atoms with Gasteiger partial charge in [0.1, 0.15) is 13.2 Å². The van der Waals surface area contributed by atoms with Gasteiger partial charge in [-0.15, -0.1) is 23.7 Å². The lowest BCUT2D eigenvalue weighted by Crippen LogP contribution is -2.44. The molecule has 0 bridgehead atoms. The number of amides is 1. The fourth-order valence-corrected chi connectivity index (χ4v) is 3.13. The van der Waals surface area contributed by atoms with Crippen molar-refractivity contribution >= 4 is 29.7 Å². The van der Waals surface area contributed by atoms with Gasteiger partial charge in [-0.25, -0.2) is 0 Å². The number of carbonyl (C=O) groups is 1. The lowest BCUT2D eigenvalue weighted by molar-refractivity contribution is 0.0950. The van der Waals surface area contributed by atoms with Crippen molar-refractivity contribution in [1.29, 1.82) is 0 Å². The molecule has 7 heteroatoms. The quantitative estimate of drug-likeness (QED) is 0.869. The van der Waals surface area contributed by atoms with E-state index in [1.807, 2.05) is 44.2 Å². The number of nitrogens with one attached hydrogen (secondary N) is 1. The van der Waals surface area contributed by atoms with Gasteiger partial charge in [0, 0.05) is 17.0 Å². The van der Waals surface area contributed by atoms with Crippen LogP contribution in [0.4, 0.5) is 0 Å². The molecule has 0 radical (unpaired) electrons. The Morgan fingerprint density at radius 3 is 2.62 bits per heavy atom. The highest BCUT2D eigenvalue weighted by atomic mass is 35.5. The maximum Gasteiger partial charge on any atom is 0.261 e. The summed E-state index contributed by atoms with van der Waals surface area (Å²) < 4.78 is 11.1. The van der Waals surface area contributed by atoms with Crippen LogP contribution < -0.4 is 20.5 Å². The standard InChI is InChI=1S/C17H20N2O3S.ClH/c1-17(2,18)10-19-16(20)15-6-5-14(23-15)11-3-4-12-13(9-11)22-8-7-21-12;/h3-6,9H,7-8,10,18H2,1-2H3,(H,19,20);1H. The second-order valence-corrected chi connectivity index (χ2v) is 7.28. The highest BCUT2D eigenvalue weighted by molar-refractivity contribution is 7.17. The molecule has 0 aliphatic carbocycles. The largest absolute Gasteiger partial charge is 0.486 e. The predicted molar refractivity (Wildman–Crippen MR) is 98.6 cm³/mol. The summed E-state index contributed by atoms with van der Waals surface area (Å²) in [6, 6.07) is 9.60. The van der Waals surface area contributed by atoms with E-state index in [9.17, 15) is 4.79 Å². The summed E-state index contributed by atoms with van der Waals surface area (Å²) in [5.74, 6) is 1.41. The van der Waals surface area contributed by atoms with E-state index in [0.29, 0.717) is 24.6 Å². The van der Waals surface area contributed by atoms with Gasteiger partial charge in [0.25, 0.3) is 5.91 Å². The molecule has 0 fully saturated rings. The Morgan fingerprint density at radius 1 is 1.21 bits per heavy atom. The minimum absolute atomic E-state index is 0. The van der Waals surface area contributed by atoms with Crippen molar-refractivity contribution in [3.8, 4) is 21.9 Å². The first kappa shape index (κ1) is 18.6. The Bertz CT molecular complexity index is 725. The van der Waals surface area contributed by atoms with E-state index in [4.69, 9.17) is 15.2 Å². The summed E-state index contributed by atoms with van der Waals surface area (Å²) in [7, 11) is 0. The summed E-state index contributed by atoms with van der Waals surface area (Å²) in [5, 5.41) is 2.86. The minimum Gasteiger partial charge on any atom is -0.486 e. The monoisotopic (exact) mass is 368 g/mol. The molecule has 0 saturated heterocycles. The molecule has 3 N–H and O–H groups in total. The summed E-state index contributed by atoms with van der Waals surface area (Å²) in [6.07, 6.45) is 0. The van der Waals surface area contributed by atoms with Crippen LogP contribution in [0.2, 0.25) is 0 Å². The van der Waals surface area contributed by atoms with Gasteiger partial charge in [-0.1, -0.05) is 0 Å². The third-order valence-corrected chi connectivity index (χ3v) is 4.49. The molecule has 130 valence electrons. The van der Waals surface area contributed by atoms with Crippen LogP contribution in [-0.2, 0) is 0 Å². The highest BCUT2D eigenvalue weighted by Crippen LogP contribution is 2.36. The van der Waals surface area contributed by atoms with Crippen LogP contribution in [0, 0.1) is 0 Å². The third kappa shape index (κ3) is 4.41. The molecule has 0 saturated carbocycles. The van der Waals surface area contributed by atoms with Crippen molar-refractivity contribution in [2.45, 2.75) is 19.4 Å². The molecule has 2 heterocycles. The number of carbonyl (C=O) groups excluding carboxylic acids is 1. The summed E-state index contributed by atoms with van der Waals surface area (Å²) in [6.45, 7) is 5.32. The average Bonchev–Trinajstić information content (AvgIpc) is 3.01. The van der Waals surface area contributed by atoms with Crippen LogP contribution in [0.5, 0.6) is 11.5 Å². The number of fused-ring (bicyclic) bond motifs is 1. The zero-order chi connectivity index (χ0) is 16.4. The molecule has 1 aliphatic rings. The lowest BCUT2D eigenvalue weighted by Gasteiger charge is -2.18. The van der Waals surface area contributed by atoms with Gasteiger partial charge in [0.05, 0.1) is 4.88 Å². The number of halogens is 1. The summed E-state index contributed by atoms with van der Waals surface area (Å²) >= 11 is 1.45. The topological polar surface area (TPSA) is 73.6 Å². The van der Waals surface area contributed by atoms with Crippen LogP contribution in [0.3, 0.4) is 0 Å². The van der Waals surface area contributed by atoms with Crippen LogP contribution in [0.1, 0.15) is 23.5 Å². The predicted octanol–water partition coefficient (Wildman–Crippen LogP) is 3.08. The van der Waals surface area contributed by atoms with Crippen molar-refractivity contribution < 1.29 is 14.3 Å². The molecule has 0 atom stereocenters. The van der Waals surface area contributed by atoms with Crippen molar-refractivity contribution in [3.63, 3.8) is 0 Å². The zero-order valence-electron chi connectivity index (χ0n) is 13.6. The maximum absolute atomic E-state index is 12.2. The molecule has 0 unspecified atom stereocenters. The summed E-state index contributed by atoms with van der Waals surface area (Å²) in [5.41, 5.74) is 6.47. The SMILES string of the molecule is CC(C)(N)CNC(=O)c1ccc(-c2ccc3c(c2)OCCO3)s1.Cl. The maximum atomic E-state index is 12.2. The Morgan fingerprint density at radius 2 is 1.92 bits per heavy atom. The van der Waals surface area contributed by atoms with Gasteiger partial charge in [0.2, 0.25) is 0 Å². The van der Waals surface area contributed by atoms with Crippen LogP contribution in [0.25, 0.3) is 10.4 Å². The first-order valence-corrected chi connectivity index (χ1v) is 8.31. The van der Waals surface area contributed by atoms with E-state index < -0.39 is 5.54 Å². The number of hydrogen-bond donors (Lipinski definition) is 2. The van der Waals surface area contributed by atoms with Gasteiger partial charge >= 0.3 is 0 Å². The number of nitrogens with two attached hydrogens (primary N) is 1. The Labute approximate surface area is 151 Å². The molecule has 1 amide bonds. The molecule has 0 spiro atoms. The number of rotatable bonds is 4. The number of ether oxygens (including phenoxy) is 2. The van der Waals surface area contributed by atoms with E-state index in [1.54, 1.807) is 0 Å².